The number of likely N-dealkylation sites (tertiary alicyclic amines) is 1. The molecule has 0 bridgehead atoms. The monoisotopic (exact) mass is 504 g/mol. The summed E-state index contributed by atoms with van der Waals surface area (Å²) in [5.74, 6) is -0.688. The zero-order chi connectivity index (χ0) is 26.2. The van der Waals surface area contributed by atoms with Gasteiger partial charge in [0.15, 0.2) is 0 Å². The van der Waals surface area contributed by atoms with Crippen LogP contribution in [0.3, 0.4) is 0 Å². The Bertz CT molecular complexity index is 1620. The van der Waals surface area contributed by atoms with Crippen molar-refractivity contribution in [2.75, 3.05) is 6.54 Å². The largest absolute Gasteiger partial charge is 0.478 e. The molecule has 0 unspecified atom stereocenters. The number of carbonyl (C=O) groups is 2. The van der Waals surface area contributed by atoms with Crippen LogP contribution in [0.5, 0.6) is 0 Å². The molecular formula is C33H32N2O3. The topological polar surface area (TPSA) is 62.0 Å². The molecule has 5 heteroatoms. The Kier molecular flexibility index (Phi) is 6.36. The van der Waals surface area contributed by atoms with Gasteiger partial charge in [-0.1, -0.05) is 42.0 Å². The molecule has 1 amide bonds. The number of pyridine rings is 1. The van der Waals surface area contributed by atoms with Crippen molar-refractivity contribution in [1.29, 1.82) is 0 Å². The normalized spacial score (nSPS) is 18.2. The van der Waals surface area contributed by atoms with E-state index in [0.29, 0.717) is 11.6 Å². The van der Waals surface area contributed by atoms with E-state index < -0.39 is 5.97 Å². The average Bonchev–Trinajstić information content (AvgIpc) is 3.58. The van der Waals surface area contributed by atoms with E-state index in [1.165, 1.54) is 40.3 Å². The number of aromatic nitrogens is 1. The van der Waals surface area contributed by atoms with E-state index in [9.17, 15) is 9.59 Å². The molecule has 1 saturated heterocycles. The van der Waals surface area contributed by atoms with Crippen LogP contribution in [-0.2, 0) is 6.42 Å². The molecule has 192 valence electrons. The standard InChI is InChI=1S/C24H25NO.C9H7NO2/c1-16-5-4-14-25(16)24(26)19-9-8-18-11-12-21-20-7-3-2-6-17(20)10-13-22(21)23(18)15-19;11-9(12)7-4-6-10-5-2-1-3-8(7)10/h3,7-9,11-12,15-16H,2,4-6,10,13-14H2,1H3;1-6H,(H,11,12)/t16-;/m0./s1. The molecule has 2 aliphatic carbocycles. The molecule has 1 aliphatic heterocycles. The molecule has 0 saturated carbocycles. The molecule has 2 aromatic carbocycles. The Labute approximate surface area is 222 Å². The van der Waals surface area contributed by atoms with Gasteiger partial charge in [-0.2, -0.15) is 0 Å². The number of fused-ring (bicyclic) bond motifs is 5. The number of nitrogens with zero attached hydrogens (tertiary/aromatic N) is 2. The van der Waals surface area contributed by atoms with Crippen LogP contribution in [0.4, 0.5) is 0 Å². The van der Waals surface area contributed by atoms with Crippen LogP contribution in [0.25, 0.3) is 21.9 Å². The van der Waals surface area contributed by atoms with Gasteiger partial charge in [-0.15, -0.1) is 0 Å². The fraction of sp³-hybridized carbons (Fsp3) is 0.273. The van der Waals surface area contributed by atoms with Gasteiger partial charge in [-0.05, 0) is 103 Å². The van der Waals surface area contributed by atoms with Gasteiger partial charge in [-0.25, -0.2) is 4.79 Å². The minimum absolute atomic E-state index is 0.197. The fourth-order valence-corrected chi connectivity index (χ4v) is 6.20. The number of aryl methyl sites for hydroxylation is 1. The summed E-state index contributed by atoms with van der Waals surface area (Å²) < 4.78 is 1.78. The fourth-order valence-electron chi connectivity index (χ4n) is 6.20. The number of benzene rings is 2. The molecule has 0 spiro atoms. The Morgan fingerprint density at radius 1 is 0.974 bits per heavy atom. The first-order valence-corrected chi connectivity index (χ1v) is 13.6. The zero-order valence-corrected chi connectivity index (χ0v) is 21.7. The number of allylic oxidation sites excluding steroid dienone is 4. The number of hydrogen-bond donors (Lipinski definition) is 1. The number of carboxylic acids is 1. The first-order valence-electron chi connectivity index (χ1n) is 13.6. The summed E-state index contributed by atoms with van der Waals surface area (Å²) in [6, 6.07) is 18.2. The summed E-state index contributed by atoms with van der Waals surface area (Å²) in [6.07, 6.45) is 15.0. The Balaban J connectivity index is 0.000000184. The summed E-state index contributed by atoms with van der Waals surface area (Å²) in [6.45, 7) is 3.06. The van der Waals surface area contributed by atoms with Gasteiger partial charge in [0.2, 0.25) is 0 Å². The predicted molar refractivity (Wildman–Crippen MR) is 152 cm³/mol. The number of carbonyl (C=O) groups excluding carboxylic acids is 1. The van der Waals surface area contributed by atoms with E-state index in [4.69, 9.17) is 5.11 Å². The third-order valence-corrected chi connectivity index (χ3v) is 8.24. The summed E-state index contributed by atoms with van der Waals surface area (Å²) in [7, 11) is 0. The number of rotatable bonds is 2. The van der Waals surface area contributed by atoms with E-state index in [1.807, 2.05) is 29.3 Å². The van der Waals surface area contributed by atoms with E-state index in [-0.39, 0.29) is 5.91 Å². The summed E-state index contributed by atoms with van der Waals surface area (Å²) in [4.78, 5) is 25.7. The quantitative estimate of drug-likeness (QED) is 0.315. The van der Waals surface area contributed by atoms with Crippen molar-refractivity contribution in [2.45, 2.75) is 51.5 Å². The Hall–Kier alpha value is -4.12. The SMILES string of the molecule is C[C@H]1CCCN1C(=O)c1ccc2ccc3c(c2c1)CCC1=C3C=CCC1.O=C(O)c1ccn2ccccc12. The van der Waals surface area contributed by atoms with Crippen molar-refractivity contribution in [3.8, 4) is 0 Å². The minimum Gasteiger partial charge on any atom is -0.478 e. The van der Waals surface area contributed by atoms with Gasteiger partial charge in [0.1, 0.15) is 0 Å². The van der Waals surface area contributed by atoms with Crippen LogP contribution in [0.1, 0.15) is 70.9 Å². The lowest BCUT2D eigenvalue weighted by atomic mass is 9.79. The minimum atomic E-state index is -0.885. The lowest BCUT2D eigenvalue weighted by molar-refractivity contribution is 0.0697. The highest BCUT2D eigenvalue weighted by Gasteiger charge is 2.27. The maximum Gasteiger partial charge on any atom is 0.337 e. The molecule has 4 aromatic rings. The average molecular weight is 505 g/mol. The molecule has 5 nitrogen and oxygen atoms in total. The first kappa shape index (κ1) is 24.2. The van der Waals surface area contributed by atoms with Crippen molar-refractivity contribution in [2.24, 2.45) is 0 Å². The molecule has 1 fully saturated rings. The highest BCUT2D eigenvalue weighted by atomic mass is 16.4. The highest BCUT2D eigenvalue weighted by Crippen LogP contribution is 2.40. The highest BCUT2D eigenvalue weighted by molar-refractivity contribution is 6.01. The number of hydrogen-bond acceptors (Lipinski definition) is 2. The Morgan fingerprint density at radius 2 is 1.84 bits per heavy atom. The van der Waals surface area contributed by atoms with Crippen LogP contribution in [0.2, 0.25) is 0 Å². The van der Waals surface area contributed by atoms with E-state index in [2.05, 4.69) is 43.3 Å². The third-order valence-electron chi connectivity index (χ3n) is 8.24. The first-order chi connectivity index (χ1) is 18.5. The maximum atomic E-state index is 13.0. The zero-order valence-electron chi connectivity index (χ0n) is 21.7. The molecule has 3 heterocycles. The Morgan fingerprint density at radius 3 is 2.66 bits per heavy atom. The van der Waals surface area contributed by atoms with Crippen LogP contribution >= 0.6 is 0 Å². The molecule has 1 atom stereocenters. The number of carboxylic acid groups (broad SMARTS) is 1. The smallest absolute Gasteiger partial charge is 0.337 e. The van der Waals surface area contributed by atoms with Crippen LogP contribution in [0, 0.1) is 0 Å². The predicted octanol–water partition coefficient (Wildman–Crippen LogP) is 7.15. The molecule has 3 aliphatic rings. The summed E-state index contributed by atoms with van der Waals surface area (Å²) >= 11 is 0. The second-order valence-corrected chi connectivity index (χ2v) is 10.5. The van der Waals surface area contributed by atoms with Gasteiger partial charge in [-0.3, -0.25) is 4.79 Å². The van der Waals surface area contributed by atoms with Crippen molar-refractivity contribution in [1.82, 2.24) is 9.30 Å². The van der Waals surface area contributed by atoms with Gasteiger partial charge < -0.3 is 14.4 Å². The van der Waals surface area contributed by atoms with Crippen LogP contribution in [-0.4, -0.2) is 38.9 Å². The van der Waals surface area contributed by atoms with Crippen LogP contribution in [0.15, 0.2) is 84.7 Å². The van der Waals surface area contributed by atoms with E-state index >= 15 is 0 Å². The lowest BCUT2D eigenvalue weighted by Gasteiger charge is -2.26. The maximum absolute atomic E-state index is 13.0. The van der Waals surface area contributed by atoms with E-state index in [0.717, 1.165) is 43.3 Å². The molecule has 1 N–H and O–H groups in total. The molecule has 2 aromatic heterocycles. The number of aromatic carboxylic acids is 1. The van der Waals surface area contributed by atoms with Gasteiger partial charge in [0.25, 0.3) is 5.91 Å². The summed E-state index contributed by atoms with van der Waals surface area (Å²) in [5, 5.41) is 11.3. The van der Waals surface area contributed by atoms with Crippen molar-refractivity contribution < 1.29 is 14.7 Å². The summed E-state index contributed by atoms with van der Waals surface area (Å²) in [5.41, 5.74) is 7.77. The second kappa shape index (κ2) is 9.97. The van der Waals surface area contributed by atoms with Gasteiger partial charge in [0, 0.05) is 30.5 Å². The van der Waals surface area contributed by atoms with Crippen LogP contribution < -0.4 is 0 Å². The number of amides is 1. The van der Waals surface area contributed by atoms with Gasteiger partial charge in [0.05, 0.1) is 11.1 Å². The van der Waals surface area contributed by atoms with Gasteiger partial charge >= 0.3 is 5.97 Å². The second-order valence-electron chi connectivity index (χ2n) is 10.5. The lowest BCUT2D eigenvalue weighted by Crippen LogP contribution is -2.33. The van der Waals surface area contributed by atoms with Crippen molar-refractivity contribution >= 4 is 33.7 Å². The molecule has 38 heavy (non-hydrogen) atoms. The molecule has 7 rings (SSSR count). The molecular weight excluding hydrogens is 472 g/mol. The third kappa shape index (κ3) is 4.32. The van der Waals surface area contributed by atoms with Crippen molar-refractivity contribution in [3.63, 3.8) is 0 Å². The van der Waals surface area contributed by atoms with Crippen molar-refractivity contribution in [3.05, 3.63) is 107 Å². The van der Waals surface area contributed by atoms with E-state index in [1.54, 1.807) is 28.3 Å². The molecule has 0 radical (unpaired) electrons.